The summed E-state index contributed by atoms with van der Waals surface area (Å²) in [5, 5.41) is 11.8. The summed E-state index contributed by atoms with van der Waals surface area (Å²) in [4.78, 5) is 0. The van der Waals surface area contributed by atoms with Gasteiger partial charge in [0.25, 0.3) is 0 Å². The van der Waals surface area contributed by atoms with Gasteiger partial charge in [0.1, 0.15) is 11.9 Å². The molecule has 18 heavy (non-hydrogen) atoms. The molecule has 2 aromatic carbocycles. The molecule has 0 amide bonds. The Balaban J connectivity index is 2.26. The average Bonchev–Trinajstić information content (AvgIpc) is 2.34. The SMILES string of the molecule is N#Cc1ccc(Nc2ccc(F)c(Cl)c2)cc1N. The van der Waals surface area contributed by atoms with Gasteiger partial charge in [-0.1, -0.05) is 11.6 Å². The number of hydrogen-bond donors (Lipinski definition) is 2. The van der Waals surface area contributed by atoms with E-state index in [1.165, 1.54) is 12.1 Å². The number of nitrogens with two attached hydrogens (primary N) is 1. The minimum absolute atomic E-state index is 0.0432. The lowest BCUT2D eigenvalue weighted by molar-refractivity contribution is 0.628. The van der Waals surface area contributed by atoms with Crippen molar-refractivity contribution >= 4 is 28.7 Å². The average molecular weight is 262 g/mol. The molecule has 0 fully saturated rings. The van der Waals surface area contributed by atoms with Gasteiger partial charge in [-0.25, -0.2) is 4.39 Å². The van der Waals surface area contributed by atoms with Gasteiger partial charge >= 0.3 is 0 Å². The number of halogens is 2. The predicted molar refractivity (Wildman–Crippen MR) is 70.3 cm³/mol. The van der Waals surface area contributed by atoms with Crippen molar-refractivity contribution in [3.05, 3.63) is 52.8 Å². The summed E-state index contributed by atoms with van der Waals surface area (Å²) in [6.45, 7) is 0. The second-order valence-corrected chi connectivity index (χ2v) is 4.07. The first-order chi connectivity index (χ1) is 8.60. The van der Waals surface area contributed by atoms with Crippen LogP contribution in [-0.4, -0.2) is 0 Å². The number of rotatable bonds is 2. The molecule has 90 valence electrons. The number of benzene rings is 2. The Morgan fingerprint density at radius 2 is 1.83 bits per heavy atom. The first kappa shape index (κ1) is 12.2. The minimum atomic E-state index is -0.471. The molecule has 0 heterocycles. The van der Waals surface area contributed by atoms with E-state index in [1.807, 2.05) is 6.07 Å². The van der Waals surface area contributed by atoms with Crippen LogP contribution in [0.25, 0.3) is 0 Å². The molecule has 0 aliphatic carbocycles. The molecule has 0 aliphatic heterocycles. The lowest BCUT2D eigenvalue weighted by atomic mass is 10.1. The summed E-state index contributed by atoms with van der Waals surface area (Å²) < 4.78 is 13.0. The highest BCUT2D eigenvalue weighted by Gasteiger charge is 2.03. The molecule has 3 N–H and O–H groups in total. The second-order valence-electron chi connectivity index (χ2n) is 3.67. The fraction of sp³-hybridized carbons (Fsp3) is 0. The number of nitrogen functional groups attached to an aromatic ring is 1. The molecule has 0 atom stereocenters. The summed E-state index contributed by atoms with van der Waals surface area (Å²) in [5.74, 6) is -0.471. The van der Waals surface area contributed by atoms with E-state index in [9.17, 15) is 4.39 Å². The molecule has 5 heteroatoms. The fourth-order valence-corrected chi connectivity index (χ4v) is 1.66. The van der Waals surface area contributed by atoms with Gasteiger partial charge in [0.05, 0.1) is 16.3 Å². The molecule has 0 saturated carbocycles. The Morgan fingerprint density at radius 1 is 1.17 bits per heavy atom. The predicted octanol–water partition coefficient (Wildman–Crippen LogP) is 3.68. The lowest BCUT2D eigenvalue weighted by Gasteiger charge is -2.08. The van der Waals surface area contributed by atoms with Gasteiger partial charge in [0, 0.05) is 11.4 Å². The number of hydrogen-bond acceptors (Lipinski definition) is 3. The highest BCUT2D eigenvalue weighted by atomic mass is 35.5. The summed E-state index contributed by atoms with van der Waals surface area (Å²) in [6.07, 6.45) is 0. The van der Waals surface area contributed by atoms with Gasteiger partial charge in [-0.05, 0) is 36.4 Å². The third-order valence-corrected chi connectivity index (χ3v) is 2.67. The van der Waals surface area contributed by atoms with Crippen LogP contribution < -0.4 is 11.1 Å². The number of nitrogens with zero attached hydrogens (tertiary/aromatic N) is 1. The van der Waals surface area contributed by atoms with E-state index in [0.29, 0.717) is 22.6 Å². The number of nitriles is 1. The molecule has 0 bridgehead atoms. The van der Waals surface area contributed by atoms with Crippen molar-refractivity contribution < 1.29 is 4.39 Å². The highest BCUT2D eigenvalue weighted by molar-refractivity contribution is 6.31. The van der Waals surface area contributed by atoms with Crippen molar-refractivity contribution in [3.8, 4) is 6.07 Å². The van der Waals surface area contributed by atoms with Gasteiger partial charge in [-0.2, -0.15) is 5.26 Å². The minimum Gasteiger partial charge on any atom is -0.398 e. The Kier molecular flexibility index (Phi) is 3.35. The van der Waals surface area contributed by atoms with Gasteiger partial charge in [-0.3, -0.25) is 0 Å². The number of anilines is 3. The fourth-order valence-electron chi connectivity index (χ4n) is 1.48. The standard InChI is InChI=1S/C13H9ClFN3/c14-11-5-9(3-4-12(11)15)18-10-2-1-8(7-16)13(17)6-10/h1-6,18H,17H2. The normalized spacial score (nSPS) is 9.83. The van der Waals surface area contributed by atoms with Crippen LogP contribution in [-0.2, 0) is 0 Å². The Hall–Kier alpha value is -2.25. The first-order valence-electron chi connectivity index (χ1n) is 5.12. The van der Waals surface area contributed by atoms with Gasteiger partial charge in [0.2, 0.25) is 0 Å². The van der Waals surface area contributed by atoms with Gasteiger partial charge < -0.3 is 11.1 Å². The summed E-state index contributed by atoms with van der Waals surface area (Å²) in [7, 11) is 0. The molecule has 0 spiro atoms. The van der Waals surface area contributed by atoms with E-state index in [1.54, 1.807) is 24.3 Å². The van der Waals surface area contributed by atoms with Crippen LogP contribution in [0.4, 0.5) is 21.5 Å². The topological polar surface area (TPSA) is 61.8 Å². The highest BCUT2D eigenvalue weighted by Crippen LogP contribution is 2.24. The summed E-state index contributed by atoms with van der Waals surface area (Å²) in [5.41, 5.74) is 7.84. The molecular weight excluding hydrogens is 253 g/mol. The van der Waals surface area contributed by atoms with Crippen LogP contribution in [0.5, 0.6) is 0 Å². The van der Waals surface area contributed by atoms with Crippen molar-refractivity contribution in [1.29, 1.82) is 5.26 Å². The van der Waals surface area contributed by atoms with E-state index in [4.69, 9.17) is 22.6 Å². The largest absolute Gasteiger partial charge is 0.398 e. The van der Waals surface area contributed by atoms with Crippen molar-refractivity contribution in [1.82, 2.24) is 0 Å². The van der Waals surface area contributed by atoms with E-state index in [-0.39, 0.29) is 5.02 Å². The monoisotopic (exact) mass is 261 g/mol. The van der Waals surface area contributed by atoms with E-state index in [0.717, 1.165) is 0 Å². The van der Waals surface area contributed by atoms with Crippen LogP contribution in [0, 0.1) is 17.1 Å². The Morgan fingerprint density at radius 3 is 2.44 bits per heavy atom. The lowest BCUT2D eigenvalue weighted by Crippen LogP contribution is -1.95. The van der Waals surface area contributed by atoms with E-state index < -0.39 is 5.82 Å². The first-order valence-corrected chi connectivity index (χ1v) is 5.49. The quantitative estimate of drug-likeness (QED) is 0.811. The zero-order valence-corrected chi connectivity index (χ0v) is 10.0. The van der Waals surface area contributed by atoms with Crippen molar-refractivity contribution in [2.24, 2.45) is 0 Å². The molecular formula is C13H9ClFN3. The third-order valence-electron chi connectivity index (χ3n) is 2.38. The van der Waals surface area contributed by atoms with Crippen LogP contribution in [0.2, 0.25) is 5.02 Å². The number of nitrogens with one attached hydrogen (secondary N) is 1. The second kappa shape index (κ2) is 4.94. The summed E-state index contributed by atoms with van der Waals surface area (Å²) in [6, 6.07) is 11.3. The molecule has 0 aromatic heterocycles. The molecule has 0 unspecified atom stereocenters. The van der Waals surface area contributed by atoms with E-state index in [2.05, 4.69) is 5.32 Å². The maximum absolute atomic E-state index is 13.0. The molecule has 0 saturated heterocycles. The molecule has 0 radical (unpaired) electrons. The Labute approximate surface area is 109 Å². The molecule has 2 aromatic rings. The molecule has 2 rings (SSSR count). The van der Waals surface area contributed by atoms with Crippen LogP contribution >= 0.6 is 11.6 Å². The zero-order valence-electron chi connectivity index (χ0n) is 9.24. The summed E-state index contributed by atoms with van der Waals surface area (Å²) >= 11 is 5.68. The van der Waals surface area contributed by atoms with Crippen molar-refractivity contribution in [3.63, 3.8) is 0 Å². The molecule has 3 nitrogen and oxygen atoms in total. The maximum atomic E-state index is 13.0. The van der Waals surface area contributed by atoms with Gasteiger partial charge in [0.15, 0.2) is 0 Å². The van der Waals surface area contributed by atoms with Crippen molar-refractivity contribution in [2.45, 2.75) is 0 Å². The molecule has 0 aliphatic rings. The maximum Gasteiger partial charge on any atom is 0.141 e. The third kappa shape index (κ3) is 2.53. The van der Waals surface area contributed by atoms with Crippen LogP contribution in [0.15, 0.2) is 36.4 Å². The van der Waals surface area contributed by atoms with E-state index >= 15 is 0 Å². The smallest absolute Gasteiger partial charge is 0.141 e. The Bertz CT molecular complexity index is 635. The van der Waals surface area contributed by atoms with Crippen molar-refractivity contribution in [2.75, 3.05) is 11.1 Å². The van der Waals surface area contributed by atoms with Crippen LogP contribution in [0.3, 0.4) is 0 Å². The van der Waals surface area contributed by atoms with Gasteiger partial charge in [-0.15, -0.1) is 0 Å². The van der Waals surface area contributed by atoms with Crippen LogP contribution in [0.1, 0.15) is 5.56 Å². The zero-order chi connectivity index (χ0) is 13.1.